The third-order valence-corrected chi connectivity index (χ3v) is 2.44. The molecule has 0 spiro atoms. The SMILES string of the molecule is CCCc1nc(C=O)sc1C. The highest BCUT2D eigenvalue weighted by atomic mass is 32.1. The molecule has 0 atom stereocenters. The molecule has 1 aromatic heterocycles. The summed E-state index contributed by atoms with van der Waals surface area (Å²) in [5, 5.41) is 0.603. The summed E-state index contributed by atoms with van der Waals surface area (Å²) < 4.78 is 0. The fourth-order valence-electron chi connectivity index (χ4n) is 0.969. The molecule has 60 valence electrons. The first-order valence-electron chi connectivity index (χ1n) is 3.69. The highest BCUT2D eigenvalue weighted by Crippen LogP contribution is 2.16. The van der Waals surface area contributed by atoms with Gasteiger partial charge in [-0.2, -0.15) is 0 Å². The van der Waals surface area contributed by atoms with E-state index in [4.69, 9.17) is 0 Å². The molecule has 1 rings (SSSR count). The van der Waals surface area contributed by atoms with Crippen molar-refractivity contribution in [1.29, 1.82) is 0 Å². The van der Waals surface area contributed by atoms with Gasteiger partial charge in [0.15, 0.2) is 11.3 Å². The molecular weight excluding hydrogens is 158 g/mol. The van der Waals surface area contributed by atoms with Crippen LogP contribution in [-0.4, -0.2) is 11.3 Å². The second-order valence-corrected chi connectivity index (χ2v) is 3.66. The molecule has 0 unspecified atom stereocenters. The van der Waals surface area contributed by atoms with Crippen molar-refractivity contribution in [2.75, 3.05) is 0 Å². The van der Waals surface area contributed by atoms with Gasteiger partial charge in [0.05, 0.1) is 5.69 Å². The maximum atomic E-state index is 10.3. The summed E-state index contributed by atoms with van der Waals surface area (Å²) in [6.45, 7) is 4.12. The van der Waals surface area contributed by atoms with Gasteiger partial charge in [-0.05, 0) is 13.3 Å². The highest BCUT2D eigenvalue weighted by molar-refractivity contribution is 7.13. The minimum atomic E-state index is 0.603. The van der Waals surface area contributed by atoms with Crippen molar-refractivity contribution >= 4 is 17.6 Å². The predicted octanol–water partition coefficient (Wildman–Crippen LogP) is 2.22. The summed E-state index contributed by atoms with van der Waals surface area (Å²) >= 11 is 1.48. The van der Waals surface area contributed by atoms with E-state index in [9.17, 15) is 4.79 Å². The smallest absolute Gasteiger partial charge is 0.178 e. The topological polar surface area (TPSA) is 30.0 Å². The van der Waals surface area contributed by atoms with E-state index in [1.165, 1.54) is 16.2 Å². The molecular formula is C8H11NOS. The molecule has 0 radical (unpaired) electrons. The van der Waals surface area contributed by atoms with E-state index in [0.29, 0.717) is 5.01 Å². The van der Waals surface area contributed by atoms with E-state index in [-0.39, 0.29) is 0 Å². The van der Waals surface area contributed by atoms with Gasteiger partial charge >= 0.3 is 0 Å². The Morgan fingerprint density at radius 2 is 2.36 bits per heavy atom. The lowest BCUT2D eigenvalue weighted by atomic mass is 10.2. The Bertz CT molecular complexity index is 255. The molecule has 0 aliphatic heterocycles. The van der Waals surface area contributed by atoms with Crippen molar-refractivity contribution in [2.24, 2.45) is 0 Å². The first-order chi connectivity index (χ1) is 5.27. The summed E-state index contributed by atoms with van der Waals surface area (Å²) in [4.78, 5) is 15.7. The number of rotatable bonds is 3. The molecule has 0 aliphatic rings. The number of aldehydes is 1. The summed E-state index contributed by atoms with van der Waals surface area (Å²) in [5.74, 6) is 0. The Kier molecular flexibility index (Phi) is 2.76. The van der Waals surface area contributed by atoms with Gasteiger partial charge in [0.2, 0.25) is 0 Å². The fourth-order valence-corrected chi connectivity index (χ4v) is 1.75. The fraction of sp³-hybridized carbons (Fsp3) is 0.500. The Morgan fingerprint density at radius 1 is 1.64 bits per heavy atom. The molecule has 11 heavy (non-hydrogen) atoms. The molecule has 0 saturated heterocycles. The molecule has 2 nitrogen and oxygen atoms in total. The average Bonchev–Trinajstić information content (AvgIpc) is 2.33. The van der Waals surface area contributed by atoms with Crippen LogP contribution < -0.4 is 0 Å². The van der Waals surface area contributed by atoms with Crippen molar-refractivity contribution in [1.82, 2.24) is 4.98 Å². The quantitative estimate of drug-likeness (QED) is 0.649. The second-order valence-electron chi connectivity index (χ2n) is 2.42. The molecule has 1 aromatic rings. The van der Waals surface area contributed by atoms with Crippen LogP contribution in [-0.2, 0) is 6.42 Å². The van der Waals surface area contributed by atoms with Crippen LogP contribution in [0, 0.1) is 6.92 Å². The average molecular weight is 169 g/mol. The first-order valence-corrected chi connectivity index (χ1v) is 4.51. The molecule has 3 heteroatoms. The van der Waals surface area contributed by atoms with Crippen LogP contribution in [0.15, 0.2) is 0 Å². The van der Waals surface area contributed by atoms with Gasteiger partial charge in [0.25, 0.3) is 0 Å². The van der Waals surface area contributed by atoms with Crippen LogP contribution >= 0.6 is 11.3 Å². The van der Waals surface area contributed by atoms with Crippen LogP contribution in [0.1, 0.15) is 33.7 Å². The van der Waals surface area contributed by atoms with Gasteiger partial charge in [0.1, 0.15) is 0 Å². The number of nitrogens with zero attached hydrogens (tertiary/aromatic N) is 1. The predicted molar refractivity (Wildman–Crippen MR) is 46.2 cm³/mol. The Balaban J connectivity index is 2.87. The molecule has 1 heterocycles. The van der Waals surface area contributed by atoms with Crippen LogP contribution in [0.5, 0.6) is 0 Å². The van der Waals surface area contributed by atoms with Crippen molar-refractivity contribution in [3.63, 3.8) is 0 Å². The summed E-state index contributed by atoms with van der Waals surface area (Å²) in [7, 11) is 0. The number of hydrogen-bond donors (Lipinski definition) is 0. The molecule has 0 aromatic carbocycles. The lowest BCUT2D eigenvalue weighted by molar-refractivity contribution is 0.112. The Morgan fingerprint density at radius 3 is 2.82 bits per heavy atom. The number of carbonyl (C=O) groups excluding carboxylic acids is 1. The Labute approximate surface area is 70.3 Å². The third-order valence-electron chi connectivity index (χ3n) is 1.50. The highest BCUT2D eigenvalue weighted by Gasteiger charge is 2.04. The second kappa shape index (κ2) is 3.62. The maximum Gasteiger partial charge on any atom is 0.178 e. The van der Waals surface area contributed by atoms with Crippen LogP contribution in [0.25, 0.3) is 0 Å². The number of aromatic nitrogens is 1. The van der Waals surface area contributed by atoms with E-state index in [1.807, 2.05) is 6.92 Å². The van der Waals surface area contributed by atoms with Gasteiger partial charge in [-0.25, -0.2) is 4.98 Å². The maximum absolute atomic E-state index is 10.3. The van der Waals surface area contributed by atoms with E-state index < -0.39 is 0 Å². The van der Waals surface area contributed by atoms with Crippen LogP contribution in [0.2, 0.25) is 0 Å². The van der Waals surface area contributed by atoms with E-state index in [1.54, 1.807) is 0 Å². The molecule has 0 aliphatic carbocycles. The monoisotopic (exact) mass is 169 g/mol. The van der Waals surface area contributed by atoms with Gasteiger partial charge in [-0.15, -0.1) is 11.3 Å². The molecule has 0 N–H and O–H groups in total. The van der Waals surface area contributed by atoms with Crippen molar-refractivity contribution in [3.8, 4) is 0 Å². The molecule has 0 fully saturated rings. The summed E-state index contributed by atoms with van der Waals surface area (Å²) in [5.41, 5.74) is 1.08. The molecule has 0 amide bonds. The zero-order valence-corrected chi connectivity index (χ0v) is 7.57. The van der Waals surface area contributed by atoms with E-state index in [0.717, 1.165) is 24.8 Å². The summed E-state index contributed by atoms with van der Waals surface area (Å²) in [6.07, 6.45) is 2.88. The van der Waals surface area contributed by atoms with E-state index in [2.05, 4.69) is 11.9 Å². The normalized spacial score (nSPS) is 10.0. The summed E-state index contributed by atoms with van der Waals surface area (Å²) in [6, 6.07) is 0. The lowest BCUT2D eigenvalue weighted by Crippen LogP contribution is -1.86. The molecule has 0 saturated carbocycles. The zero-order chi connectivity index (χ0) is 8.27. The number of hydrogen-bond acceptors (Lipinski definition) is 3. The van der Waals surface area contributed by atoms with Crippen LogP contribution in [0.4, 0.5) is 0 Å². The van der Waals surface area contributed by atoms with Crippen LogP contribution in [0.3, 0.4) is 0 Å². The van der Waals surface area contributed by atoms with Gasteiger partial charge in [-0.1, -0.05) is 13.3 Å². The number of carbonyl (C=O) groups is 1. The van der Waals surface area contributed by atoms with Crippen molar-refractivity contribution in [2.45, 2.75) is 26.7 Å². The van der Waals surface area contributed by atoms with E-state index >= 15 is 0 Å². The van der Waals surface area contributed by atoms with Gasteiger partial charge in [0, 0.05) is 4.88 Å². The third kappa shape index (κ3) is 1.87. The van der Waals surface area contributed by atoms with Gasteiger partial charge < -0.3 is 0 Å². The van der Waals surface area contributed by atoms with Gasteiger partial charge in [-0.3, -0.25) is 4.79 Å². The minimum Gasteiger partial charge on any atom is -0.295 e. The van der Waals surface area contributed by atoms with Crippen molar-refractivity contribution in [3.05, 3.63) is 15.6 Å². The zero-order valence-electron chi connectivity index (χ0n) is 6.76. The standard InChI is InChI=1S/C8H11NOS/c1-3-4-7-6(2)11-8(5-10)9-7/h5H,3-4H2,1-2H3. The number of aryl methyl sites for hydroxylation is 2. The van der Waals surface area contributed by atoms with Crippen molar-refractivity contribution < 1.29 is 4.79 Å². The minimum absolute atomic E-state index is 0.603. The lowest BCUT2D eigenvalue weighted by Gasteiger charge is -1.90. The first kappa shape index (κ1) is 8.40. The largest absolute Gasteiger partial charge is 0.295 e. The molecule has 0 bridgehead atoms. The Hall–Kier alpha value is -0.700. The number of thiazole rings is 1.